The molecule has 0 saturated carbocycles. The lowest BCUT2D eigenvalue weighted by atomic mass is 10.2. The molecule has 0 spiro atoms. The van der Waals surface area contributed by atoms with E-state index < -0.39 is 0 Å². The van der Waals surface area contributed by atoms with Gasteiger partial charge in [0.25, 0.3) is 0 Å². The summed E-state index contributed by atoms with van der Waals surface area (Å²) in [5.74, 6) is 0.945. The number of aryl methyl sites for hydroxylation is 1. The molecule has 3 rings (SSSR count). The molecule has 138 valence electrons. The van der Waals surface area contributed by atoms with Gasteiger partial charge in [-0.2, -0.15) is 0 Å². The minimum atomic E-state index is 0.0582. The monoisotopic (exact) mass is 353 g/mol. The Labute approximate surface area is 155 Å². The third-order valence-electron chi connectivity index (χ3n) is 4.82. The zero-order chi connectivity index (χ0) is 18.4. The first-order chi connectivity index (χ1) is 12.6. The summed E-state index contributed by atoms with van der Waals surface area (Å²) in [5, 5.41) is 3.01. The number of piperazine rings is 1. The van der Waals surface area contributed by atoms with Crippen LogP contribution in [0.25, 0.3) is 0 Å². The lowest BCUT2D eigenvalue weighted by Gasteiger charge is -2.34. The van der Waals surface area contributed by atoms with Crippen LogP contribution in [0.4, 0.5) is 5.69 Å². The summed E-state index contributed by atoms with van der Waals surface area (Å²) in [6.07, 6.45) is 0. The Kier molecular flexibility index (Phi) is 6.26. The van der Waals surface area contributed by atoms with Gasteiger partial charge in [-0.1, -0.05) is 30.3 Å². The zero-order valence-corrected chi connectivity index (χ0v) is 15.6. The largest absolute Gasteiger partial charge is 0.497 e. The van der Waals surface area contributed by atoms with E-state index in [2.05, 4.69) is 27.2 Å². The second kappa shape index (κ2) is 8.83. The molecule has 0 radical (unpaired) electrons. The van der Waals surface area contributed by atoms with E-state index in [4.69, 9.17) is 4.74 Å². The second-order valence-corrected chi connectivity index (χ2v) is 6.76. The summed E-state index contributed by atoms with van der Waals surface area (Å²) in [4.78, 5) is 16.9. The molecule has 0 bridgehead atoms. The summed E-state index contributed by atoms with van der Waals surface area (Å²) in [6, 6.07) is 16.1. The number of nitrogens with one attached hydrogen (secondary N) is 1. The van der Waals surface area contributed by atoms with Gasteiger partial charge in [0, 0.05) is 38.4 Å². The number of anilines is 1. The van der Waals surface area contributed by atoms with Crippen molar-refractivity contribution in [2.45, 2.75) is 13.5 Å². The van der Waals surface area contributed by atoms with Crippen LogP contribution in [0.15, 0.2) is 48.5 Å². The quantitative estimate of drug-likeness (QED) is 0.867. The number of rotatable bonds is 6. The Morgan fingerprint density at radius 2 is 1.65 bits per heavy atom. The molecule has 1 aliphatic rings. The smallest absolute Gasteiger partial charge is 0.238 e. The third kappa shape index (κ3) is 5.07. The number of hydrogen-bond donors (Lipinski definition) is 1. The predicted octanol–water partition coefficient (Wildman–Crippen LogP) is 2.76. The number of nitrogens with zero attached hydrogens (tertiary/aromatic N) is 2. The maximum absolute atomic E-state index is 12.3. The Balaban J connectivity index is 1.43. The van der Waals surface area contributed by atoms with Gasteiger partial charge in [0.05, 0.1) is 13.7 Å². The van der Waals surface area contributed by atoms with Gasteiger partial charge in [-0.15, -0.1) is 0 Å². The van der Waals surface area contributed by atoms with Gasteiger partial charge < -0.3 is 10.1 Å². The lowest BCUT2D eigenvalue weighted by Crippen LogP contribution is -2.48. The average molecular weight is 353 g/mol. The summed E-state index contributed by atoms with van der Waals surface area (Å²) in [7, 11) is 1.68. The maximum atomic E-state index is 12.3. The minimum absolute atomic E-state index is 0.0582. The molecule has 1 heterocycles. The molecule has 1 aliphatic heterocycles. The van der Waals surface area contributed by atoms with E-state index in [1.807, 2.05) is 43.3 Å². The van der Waals surface area contributed by atoms with Crippen molar-refractivity contribution in [2.24, 2.45) is 0 Å². The maximum Gasteiger partial charge on any atom is 0.238 e. The van der Waals surface area contributed by atoms with Gasteiger partial charge in [0.2, 0.25) is 5.91 Å². The molecule has 0 unspecified atom stereocenters. The molecule has 0 aliphatic carbocycles. The molecule has 1 fully saturated rings. The average Bonchev–Trinajstić information content (AvgIpc) is 2.66. The Morgan fingerprint density at radius 3 is 2.31 bits per heavy atom. The van der Waals surface area contributed by atoms with Crippen molar-refractivity contribution in [1.82, 2.24) is 9.80 Å². The number of ether oxygens (including phenoxy) is 1. The van der Waals surface area contributed by atoms with E-state index in [1.54, 1.807) is 7.11 Å². The van der Waals surface area contributed by atoms with Crippen molar-refractivity contribution in [3.63, 3.8) is 0 Å². The topological polar surface area (TPSA) is 44.8 Å². The van der Waals surface area contributed by atoms with E-state index >= 15 is 0 Å². The predicted molar refractivity (Wildman–Crippen MR) is 105 cm³/mol. The molecule has 1 saturated heterocycles. The molecule has 5 nitrogen and oxygen atoms in total. The zero-order valence-electron chi connectivity index (χ0n) is 15.6. The highest BCUT2D eigenvalue weighted by atomic mass is 16.5. The van der Waals surface area contributed by atoms with Crippen LogP contribution in [0.3, 0.4) is 0 Å². The number of hydrogen-bond acceptors (Lipinski definition) is 4. The fraction of sp³-hybridized carbons (Fsp3) is 0.381. The van der Waals surface area contributed by atoms with Crippen LogP contribution >= 0.6 is 0 Å². The van der Waals surface area contributed by atoms with E-state index in [0.717, 1.165) is 49.7 Å². The number of para-hydroxylation sites is 1. The standard InChI is InChI=1S/C21H27N3O2/c1-17-5-3-4-6-20(17)22-21(25)16-24-13-11-23(12-14-24)15-18-7-9-19(26-2)10-8-18/h3-10H,11-16H2,1-2H3,(H,22,25). The SMILES string of the molecule is COc1ccc(CN2CCN(CC(=O)Nc3ccccc3C)CC2)cc1. The Hall–Kier alpha value is -2.37. The molecule has 2 aromatic carbocycles. The normalized spacial score (nSPS) is 15.6. The van der Waals surface area contributed by atoms with Crippen molar-refractivity contribution < 1.29 is 9.53 Å². The Bertz CT molecular complexity index is 722. The molecule has 0 aromatic heterocycles. The number of methoxy groups -OCH3 is 1. The van der Waals surface area contributed by atoms with Gasteiger partial charge in [-0.05, 0) is 36.2 Å². The summed E-state index contributed by atoms with van der Waals surface area (Å²) >= 11 is 0. The first-order valence-electron chi connectivity index (χ1n) is 9.07. The van der Waals surface area contributed by atoms with E-state index in [0.29, 0.717) is 6.54 Å². The first kappa shape index (κ1) is 18.4. The van der Waals surface area contributed by atoms with Crippen molar-refractivity contribution in [2.75, 3.05) is 45.2 Å². The number of benzene rings is 2. The molecule has 1 amide bonds. The van der Waals surface area contributed by atoms with Crippen molar-refractivity contribution >= 4 is 11.6 Å². The molecule has 26 heavy (non-hydrogen) atoms. The van der Waals surface area contributed by atoms with Gasteiger partial charge in [0.15, 0.2) is 0 Å². The van der Waals surface area contributed by atoms with Crippen LogP contribution in [0.5, 0.6) is 5.75 Å². The van der Waals surface area contributed by atoms with Crippen molar-refractivity contribution in [3.8, 4) is 5.75 Å². The third-order valence-corrected chi connectivity index (χ3v) is 4.82. The van der Waals surface area contributed by atoms with Gasteiger partial charge in [-0.25, -0.2) is 0 Å². The lowest BCUT2D eigenvalue weighted by molar-refractivity contribution is -0.117. The Morgan fingerprint density at radius 1 is 1.00 bits per heavy atom. The van der Waals surface area contributed by atoms with E-state index in [-0.39, 0.29) is 5.91 Å². The fourth-order valence-electron chi connectivity index (χ4n) is 3.20. The molecule has 0 atom stereocenters. The summed E-state index contributed by atoms with van der Waals surface area (Å²) < 4.78 is 5.20. The molecule has 2 aromatic rings. The van der Waals surface area contributed by atoms with Crippen LogP contribution in [0.2, 0.25) is 0 Å². The van der Waals surface area contributed by atoms with Crippen molar-refractivity contribution in [3.05, 3.63) is 59.7 Å². The van der Waals surface area contributed by atoms with Crippen LogP contribution in [-0.4, -0.2) is 55.5 Å². The number of amides is 1. The van der Waals surface area contributed by atoms with E-state index in [9.17, 15) is 4.79 Å². The number of carbonyl (C=O) groups excluding carboxylic acids is 1. The second-order valence-electron chi connectivity index (χ2n) is 6.76. The molecule has 1 N–H and O–H groups in total. The van der Waals surface area contributed by atoms with Gasteiger partial charge in [-0.3, -0.25) is 14.6 Å². The van der Waals surface area contributed by atoms with Crippen LogP contribution < -0.4 is 10.1 Å². The highest BCUT2D eigenvalue weighted by molar-refractivity contribution is 5.92. The van der Waals surface area contributed by atoms with Crippen LogP contribution in [0, 0.1) is 6.92 Å². The molecular formula is C21H27N3O2. The van der Waals surface area contributed by atoms with Crippen LogP contribution in [-0.2, 0) is 11.3 Å². The van der Waals surface area contributed by atoms with Crippen molar-refractivity contribution in [1.29, 1.82) is 0 Å². The minimum Gasteiger partial charge on any atom is -0.497 e. The van der Waals surface area contributed by atoms with E-state index in [1.165, 1.54) is 5.56 Å². The fourth-order valence-corrected chi connectivity index (χ4v) is 3.20. The summed E-state index contributed by atoms with van der Waals surface area (Å²) in [5.41, 5.74) is 3.28. The summed E-state index contributed by atoms with van der Waals surface area (Å²) in [6.45, 7) is 7.17. The first-order valence-corrected chi connectivity index (χ1v) is 9.07. The number of carbonyl (C=O) groups is 1. The van der Waals surface area contributed by atoms with Crippen LogP contribution in [0.1, 0.15) is 11.1 Å². The van der Waals surface area contributed by atoms with Gasteiger partial charge in [0.1, 0.15) is 5.75 Å². The highest BCUT2D eigenvalue weighted by Gasteiger charge is 2.19. The molecular weight excluding hydrogens is 326 g/mol. The highest BCUT2D eigenvalue weighted by Crippen LogP contribution is 2.15. The van der Waals surface area contributed by atoms with Gasteiger partial charge >= 0.3 is 0 Å². The molecule has 5 heteroatoms.